The third-order valence-electron chi connectivity index (χ3n) is 6.45. The van der Waals surface area contributed by atoms with Crippen molar-refractivity contribution in [3.05, 3.63) is 76.0 Å². The summed E-state index contributed by atoms with van der Waals surface area (Å²) in [5, 5.41) is 2.94. The highest BCUT2D eigenvalue weighted by atomic mass is 16.5. The molecule has 0 bridgehead atoms. The molecular formula is C25H25N3O4. The smallest absolute Gasteiger partial charge is 0.338 e. The van der Waals surface area contributed by atoms with Crippen LogP contribution in [0.4, 0.5) is 10.5 Å². The Morgan fingerprint density at radius 1 is 1.16 bits per heavy atom. The molecule has 2 aromatic carbocycles. The van der Waals surface area contributed by atoms with E-state index in [0.29, 0.717) is 17.8 Å². The molecule has 3 aliphatic heterocycles. The number of urea groups is 1. The third kappa shape index (κ3) is 3.34. The summed E-state index contributed by atoms with van der Waals surface area (Å²) in [6.07, 6.45) is 1.80. The van der Waals surface area contributed by atoms with Crippen LogP contribution in [-0.4, -0.2) is 42.5 Å². The Labute approximate surface area is 186 Å². The van der Waals surface area contributed by atoms with Crippen molar-refractivity contribution in [2.75, 3.05) is 24.6 Å². The largest absolute Gasteiger partial charge is 0.456 e. The number of aryl methyl sites for hydroxylation is 3. The highest BCUT2D eigenvalue weighted by Gasteiger charge is 2.43. The molecule has 164 valence electrons. The van der Waals surface area contributed by atoms with Crippen molar-refractivity contribution in [3.63, 3.8) is 0 Å². The number of carbonyl (C=O) groups excluding carboxylic acids is 3. The molecule has 3 heterocycles. The lowest BCUT2D eigenvalue weighted by Gasteiger charge is -2.35. The van der Waals surface area contributed by atoms with E-state index in [1.165, 1.54) is 4.90 Å². The first kappa shape index (κ1) is 20.3. The minimum Gasteiger partial charge on any atom is -0.456 e. The van der Waals surface area contributed by atoms with E-state index in [4.69, 9.17) is 4.74 Å². The van der Waals surface area contributed by atoms with E-state index in [9.17, 15) is 14.4 Å². The lowest BCUT2D eigenvalue weighted by molar-refractivity contribution is -0.136. The molecule has 2 aromatic rings. The van der Waals surface area contributed by atoms with Crippen molar-refractivity contribution in [3.8, 4) is 0 Å². The lowest BCUT2D eigenvalue weighted by atomic mass is 9.91. The summed E-state index contributed by atoms with van der Waals surface area (Å²) in [5.74, 6) is -0.629. The number of nitrogens with one attached hydrogen (secondary N) is 1. The molecule has 3 amide bonds. The summed E-state index contributed by atoms with van der Waals surface area (Å²) >= 11 is 0. The molecule has 1 N–H and O–H groups in total. The number of hydrogen-bond donors (Lipinski definition) is 1. The predicted molar refractivity (Wildman–Crippen MR) is 119 cm³/mol. The number of rotatable bonds is 3. The van der Waals surface area contributed by atoms with Crippen LogP contribution in [0.1, 0.15) is 34.7 Å². The zero-order valence-electron chi connectivity index (χ0n) is 18.2. The lowest BCUT2D eigenvalue weighted by Crippen LogP contribution is -2.51. The molecule has 0 saturated heterocycles. The molecule has 0 radical (unpaired) electrons. The minimum absolute atomic E-state index is 0.00713. The van der Waals surface area contributed by atoms with E-state index in [2.05, 4.69) is 5.32 Å². The number of amides is 3. The number of esters is 1. The van der Waals surface area contributed by atoms with Crippen molar-refractivity contribution in [2.45, 2.75) is 32.7 Å². The standard InChI is InChI=1S/C25H25N3O4/c1-15-9-10-16(2)18(12-15)23-22-20(14-32-24(22)30)28(25(31)26-23)13-21(29)27-11-5-7-17-6-3-4-8-19(17)27/h3-4,6,8-10,12,23H,5,7,11,13-14H2,1-2H3,(H,26,31). The van der Waals surface area contributed by atoms with Gasteiger partial charge in [-0.15, -0.1) is 0 Å². The summed E-state index contributed by atoms with van der Waals surface area (Å²) in [6.45, 7) is 4.38. The van der Waals surface area contributed by atoms with Gasteiger partial charge in [-0.1, -0.05) is 42.0 Å². The van der Waals surface area contributed by atoms with Gasteiger partial charge in [-0.25, -0.2) is 9.59 Å². The van der Waals surface area contributed by atoms with Gasteiger partial charge in [-0.05, 0) is 49.4 Å². The van der Waals surface area contributed by atoms with Crippen molar-refractivity contribution >= 4 is 23.6 Å². The van der Waals surface area contributed by atoms with E-state index in [0.717, 1.165) is 40.8 Å². The summed E-state index contributed by atoms with van der Waals surface area (Å²) < 4.78 is 5.31. The van der Waals surface area contributed by atoms with E-state index >= 15 is 0 Å². The molecule has 7 heteroatoms. The summed E-state index contributed by atoms with van der Waals surface area (Å²) in [4.78, 5) is 42.1. The maximum Gasteiger partial charge on any atom is 0.338 e. The number of nitrogens with zero attached hydrogens (tertiary/aromatic N) is 2. The number of fused-ring (bicyclic) bond motifs is 1. The second-order valence-electron chi connectivity index (χ2n) is 8.54. The molecule has 1 atom stereocenters. The van der Waals surface area contributed by atoms with Gasteiger partial charge in [0, 0.05) is 12.2 Å². The number of cyclic esters (lactones) is 1. The normalized spacial score (nSPS) is 20.0. The van der Waals surface area contributed by atoms with Crippen LogP contribution < -0.4 is 10.2 Å². The Bertz CT molecular complexity index is 1170. The van der Waals surface area contributed by atoms with Crippen LogP contribution in [0, 0.1) is 13.8 Å². The van der Waals surface area contributed by atoms with Gasteiger partial charge in [0.1, 0.15) is 13.2 Å². The van der Waals surface area contributed by atoms with Crippen LogP contribution in [-0.2, 0) is 20.7 Å². The summed E-state index contributed by atoms with van der Waals surface area (Å²) in [7, 11) is 0. The number of ether oxygens (including phenoxy) is 1. The first-order valence-electron chi connectivity index (χ1n) is 10.9. The average molecular weight is 431 g/mol. The van der Waals surface area contributed by atoms with E-state index in [1.54, 1.807) is 4.90 Å². The average Bonchev–Trinajstić information content (AvgIpc) is 3.18. The van der Waals surface area contributed by atoms with Gasteiger partial charge in [0.2, 0.25) is 5.91 Å². The van der Waals surface area contributed by atoms with Gasteiger partial charge in [0.25, 0.3) is 0 Å². The number of benzene rings is 2. The first-order chi connectivity index (χ1) is 15.4. The summed E-state index contributed by atoms with van der Waals surface area (Å²) in [6, 6.07) is 12.8. The van der Waals surface area contributed by atoms with Crippen molar-refractivity contribution < 1.29 is 19.1 Å². The van der Waals surface area contributed by atoms with Crippen LogP contribution >= 0.6 is 0 Å². The molecular weight excluding hydrogens is 406 g/mol. The molecule has 0 aliphatic carbocycles. The summed E-state index contributed by atoms with van der Waals surface area (Å²) in [5.41, 5.74) is 5.78. The Morgan fingerprint density at radius 2 is 1.97 bits per heavy atom. The highest BCUT2D eigenvalue weighted by molar-refractivity contribution is 6.01. The molecule has 5 rings (SSSR count). The van der Waals surface area contributed by atoms with Gasteiger partial charge < -0.3 is 15.0 Å². The molecule has 7 nitrogen and oxygen atoms in total. The Balaban J connectivity index is 1.47. The van der Waals surface area contributed by atoms with Gasteiger partial charge >= 0.3 is 12.0 Å². The van der Waals surface area contributed by atoms with Crippen LogP contribution in [0.15, 0.2) is 53.7 Å². The SMILES string of the molecule is Cc1ccc(C)c(C2NC(=O)N(CC(=O)N3CCCc4ccccc43)C3=C2C(=O)OC3)c1. The first-order valence-corrected chi connectivity index (χ1v) is 10.9. The predicted octanol–water partition coefficient (Wildman–Crippen LogP) is 3.16. The second kappa shape index (κ2) is 7.82. The number of para-hydroxylation sites is 1. The van der Waals surface area contributed by atoms with Crippen LogP contribution in [0.25, 0.3) is 0 Å². The fourth-order valence-corrected chi connectivity index (χ4v) is 4.80. The monoisotopic (exact) mass is 431 g/mol. The fraction of sp³-hybridized carbons (Fsp3) is 0.320. The zero-order chi connectivity index (χ0) is 22.4. The Hall–Kier alpha value is -3.61. The number of carbonyl (C=O) groups is 3. The van der Waals surface area contributed by atoms with Crippen molar-refractivity contribution in [2.24, 2.45) is 0 Å². The molecule has 0 aromatic heterocycles. The van der Waals surface area contributed by atoms with Crippen molar-refractivity contribution in [1.29, 1.82) is 0 Å². The van der Waals surface area contributed by atoms with E-state index in [1.807, 2.05) is 56.3 Å². The second-order valence-corrected chi connectivity index (χ2v) is 8.54. The van der Waals surface area contributed by atoms with E-state index in [-0.39, 0.29) is 19.1 Å². The zero-order valence-corrected chi connectivity index (χ0v) is 18.2. The number of hydrogen-bond acceptors (Lipinski definition) is 4. The van der Waals surface area contributed by atoms with Crippen LogP contribution in [0.3, 0.4) is 0 Å². The minimum atomic E-state index is -0.588. The van der Waals surface area contributed by atoms with Gasteiger partial charge in [-0.2, -0.15) is 0 Å². The molecule has 0 saturated carbocycles. The topological polar surface area (TPSA) is 79.0 Å². The molecule has 0 spiro atoms. The van der Waals surface area contributed by atoms with Crippen LogP contribution in [0.5, 0.6) is 0 Å². The quantitative estimate of drug-likeness (QED) is 0.758. The van der Waals surface area contributed by atoms with Gasteiger partial charge in [0.05, 0.1) is 17.3 Å². The van der Waals surface area contributed by atoms with Crippen molar-refractivity contribution in [1.82, 2.24) is 10.2 Å². The number of anilines is 1. The fourth-order valence-electron chi connectivity index (χ4n) is 4.80. The third-order valence-corrected chi connectivity index (χ3v) is 6.45. The van der Waals surface area contributed by atoms with Gasteiger partial charge in [0.15, 0.2) is 0 Å². The van der Waals surface area contributed by atoms with E-state index < -0.39 is 18.0 Å². The maximum atomic E-state index is 13.3. The Morgan fingerprint density at radius 3 is 2.81 bits per heavy atom. The molecule has 32 heavy (non-hydrogen) atoms. The molecule has 1 unspecified atom stereocenters. The molecule has 3 aliphatic rings. The highest BCUT2D eigenvalue weighted by Crippen LogP contribution is 2.37. The maximum absolute atomic E-state index is 13.3. The Kier molecular flexibility index (Phi) is 4.96. The van der Waals surface area contributed by atoms with Gasteiger partial charge in [-0.3, -0.25) is 9.69 Å². The molecule has 0 fully saturated rings. The van der Waals surface area contributed by atoms with Crippen LogP contribution in [0.2, 0.25) is 0 Å².